The topological polar surface area (TPSA) is 93.7 Å². The van der Waals surface area contributed by atoms with Gasteiger partial charge in [0.05, 0.1) is 0 Å². The van der Waals surface area contributed by atoms with E-state index >= 15 is 0 Å². The maximum absolute atomic E-state index is 12.8. The average Bonchev–Trinajstić information content (AvgIpc) is 2.71. The molecule has 1 atom stereocenters. The van der Waals surface area contributed by atoms with E-state index in [1.165, 1.54) is 0 Å². The predicted molar refractivity (Wildman–Crippen MR) is 117 cm³/mol. The van der Waals surface area contributed by atoms with Crippen LogP contribution in [0.3, 0.4) is 0 Å². The molecule has 0 spiro atoms. The van der Waals surface area contributed by atoms with Crippen LogP contribution in [0.25, 0.3) is 0 Å². The molecular formula is C24H28N2O5. The van der Waals surface area contributed by atoms with Gasteiger partial charge < -0.3 is 20.1 Å². The van der Waals surface area contributed by atoms with Gasteiger partial charge in [-0.3, -0.25) is 4.79 Å². The van der Waals surface area contributed by atoms with Gasteiger partial charge in [-0.1, -0.05) is 67.2 Å². The first kappa shape index (κ1) is 23.7. The lowest BCUT2D eigenvalue weighted by atomic mass is 10.1. The van der Waals surface area contributed by atoms with Crippen LogP contribution in [-0.2, 0) is 32.1 Å². The van der Waals surface area contributed by atoms with Crippen molar-refractivity contribution in [2.75, 3.05) is 0 Å². The van der Waals surface area contributed by atoms with Gasteiger partial charge in [0.2, 0.25) is 5.91 Å². The minimum atomic E-state index is -0.976. The number of esters is 1. The first-order valence-corrected chi connectivity index (χ1v) is 9.88. The molecule has 0 heterocycles. The van der Waals surface area contributed by atoms with Crippen LogP contribution in [0, 0.1) is 0 Å². The Kier molecular flexibility index (Phi) is 8.37. The van der Waals surface area contributed by atoms with Gasteiger partial charge in [0, 0.05) is 6.42 Å². The van der Waals surface area contributed by atoms with Crippen LogP contribution in [-0.4, -0.2) is 29.6 Å². The van der Waals surface area contributed by atoms with Gasteiger partial charge in [0.25, 0.3) is 0 Å². The lowest BCUT2D eigenvalue weighted by Gasteiger charge is -2.23. The van der Waals surface area contributed by atoms with Crippen molar-refractivity contribution in [3.63, 3.8) is 0 Å². The quantitative estimate of drug-likeness (QED) is 0.500. The Bertz CT molecular complexity index is 905. The maximum Gasteiger partial charge on any atom is 0.408 e. The van der Waals surface area contributed by atoms with Crippen molar-refractivity contribution in [2.24, 2.45) is 0 Å². The van der Waals surface area contributed by atoms with E-state index in [0.29, 0.717) is 0 Å². The molecule has 0 saturated heterocycles. The summed E-state index contributed by atoms with van der Waals surface area (Å²) in [5.74, 6) is -1.36. The summed E-state index contributed by atoms with van der Waals surface area (Å²) in [6.07, 6.45) is -0.529. The van der Waals surface area contributed by atoms with Crippen molar-refractivity contribution in [2.45, 2.75) is 45.4 Å². The molecule has 164 valence electrons. The van der Waals surface area contributed by atoms with Crippen LogP contribution in [0.5, 0.6) is 0 Å². The Morgan fingerprint density at radius 2 is 1.48 bits per heavy atom. The first-order valence-electron chi connectivity index (χ1n) is 9.88. The molecule has 2 amide bonds. The van der Waals surface area contributed by atoms with Crippen molar-refractivity contribution >= 4 is 18.0 Å². The van der Waals surface area contributed by atoms with E-state index in [9.17, 15) is 14.4 Å². The predicted octanol–water partition coefficient (Wildman–Crippen LogP) is 3.50. The zero-order valence-electron chi connectivity index (χ0n) is 18.0. The van der Waals surface area contributed by atoms with Crippen LogP contribution >= 0.6 is 0 Å². The molecule has 0 unspecified atom stereocenters. The van der Waals surface area contributed by atoms with E-state index < -0.39 is 29.6 Å². The highest BCUT2D eigenvalue weighted by atomic mass is 16.6. The molecule has 2 rings (SSSR count). The molecule has 0 aliphatic carbocycles. The molecule has 2 aromatic rings. The lowest BCUT2D eigenvalue weighted by Crippen LogP contribution is -2.49. The van der Waals surface area contributed by atoms with Crippen molar-refractivity contribution in [3.8, 4) is 0 Å². The monoisotopic (exact) mass is 424 g/mol. The van der Waals surface area contributed by atoms with E-state index in [1.807, 2.05) is 60.7 Å². The van der Waals surface area contributed by atoms with Gasteiger partial charge in [0.15, 0.2) is 0 Å². The van der Waals surface area contributed by atoms with Gasteiger partial charge in [-0.25, -0.2) is 9.59 Å². The summed E-state index contributed by atoms with van der Waals surface area (Å²) < 4.78 is 10.4. The number of nitrogens with one attached hydrogen (secondary N) is 2. The maximum atomic E-state index is 12.8. The molecule has 0 radical (unpaired) electrons. The number of benzene rings is 2. The highest BCUT2D eigenvalue weighted by Crippen LogP contribution is 2.09. The minimum absolute atomic E-state index is 0.0537. The van der Waals surface area contributed by atoms with Crippen molar-refractivity contribution < 1.29 is 23.9 Å². The Morgan fingerprint density at radius 1 is 0.935 bits per heavy atom. The van der Waals surface area contributed by atoms with Gasteiger partial charge in [-0.15, -0.1) is 0 Å². The standard InChI is InChI=1S/C24H28N2O5/c1-17(22(28)30-16-19-13-9-6-10-14-19)25-21(27)20(15-18-11-7-5-8-12-18)26-23(29)31-24(2,3)4/h5-14,20H,1,15-16H2,2-4H3,(H,25,27)(H,26,29)/t20-/m1/s1. The molecule has 7 heteroatoms. The second kappa shape index (κ2) is 11.0. The van der Waals surface area contributed by atoms with Crippen LogP contribution in [0.15, 0.2) is 72.9 Å². The number of amides is 2. The normalized spacial score (nSPS) is 11.7. The van der Waals surface area contributed by atoms with Gasteiger partial charge in [-0.05, 0) is 31.9 Å². The van der Waals surface area contributed by atoms with Crippen molar-refractivity contribution in [1.82, 2.24) is 10.6 Å². The SMILES string of the molecule is C=C(NC(=O)[C@@H](Cc1ccccc1)NC(=O)OC(C)(C)C)C(=O)OCc1ccccc1. The van der Waals surface area contributed by atoms with Crippen LogP contribution in [0.1, 0.15) is 31.9 Å². The summed E-state index contributed by atoms with van der Waals surface area (Å²) in [5.41, 5.74) is 0.701. The van der Waals surface area contributed by atoms with E-state index in [1.54, 1.807) is 20.8 Å². The zero-order chi connectivity index (χ0) is 22.9. The van der Waals surface area contributed by atoms with E-state index in [-0.39, 0.29) is 18.7 Å². The molecular weight excluding hydrogens is 396 g/mol. The number of ether oxygens (including phenoxy) is 2. The number of alkyl carbamates (subject to hydrolysis) is 1. The molecule has 0 aliphatic heterocycles. The fourth-order valence-corrected chi connectivity index (χ4v) is 2.61. The Balaban J connectivity index is 2.00. The number of rotatable bonds is 8. The molecule has 2 N–H and O–H groups in total. The van der Waals surface area contributed by atoms with Crippen LogP contribution in [0.4, 0.5) is 4.79 Å². The summed E-state index contributed by atoms with van der Waals surface area (Å²) >= 11 is 0. The highest BCUT2D eigenvalue weighted by Gasteiger charge is 2.26. The zero-order valence-corrected chi connectivity index (χ0v) is 18.0. The van der Waals surface area contributed by atoms with Gasteiger partial charge in [0.1, 0.15) is 23.9 Å². The second-order valence-electron chi connectivity index (χ2n) is 7.92. The third-order valence-corrected chi connectivity index (χ3v) is 4.02. The summed E-state index contributed by atoms with van der Waals surface area (Å²) in [6.45, 7) is 8.82. The average molecular weight is 424 g/mol. The molecule has 7 nitrogen and oxygen atoms in total. The summed E-state index contributed by atoms with van der Waals surface area (Å²) in [5, 5.41) is 4.98. The first-order chi connectivity index (χ1) is 14.6. The summed E-state index contributed by atoms with van der Waals surface area (Å²) in [4.78, 5) is 37.2. The third kappa shape index (κ3) is 8.74. The Labute approximate surface area is 182 Å². The van der Waals surface area contributed by atoms with E-state index in [4.69, 9.17) is 9.47 Å². The molecule has 0 saturated carbocycles. The number of carbonyl (C=O) groups is 3. The smallest absolute Gasteiger partial charge is 0.408 e. The molecule has 0 aromatic heterocycles. The number of hydrogen-bond acceptors (Lipinski definition) is 5. The van der Waals surface area contributed by atoms with Gasteiger partial charge in [-0.2, -0.15) is 0 Å². The van der Waals surface area contributed by atoms with Crippen LogP contribution in [0.2, 0.25) is 0 Å². The minimum Gasteiger partial charge on any atom is -0.456 e. The van der Waals surface area contributed by atoms with Gasteiger partial charge >= 0.3 is 12.1 Å². The molecule has 0 fully saturated rings. The number of carbonyl (C=O) groups excluding carboxylic acids is 3. The lowest BCUT2D eigenvalue weighted by molar-refractivity contribution is -0.141. The van der Waals surface area contributed by atoms with Crippen molar-refractivity contribution in [1.29, 1.82) is 0 Å². The van der Waals surface area contributed by atoms with Crippen LogP contribution < -0.4 is 10.6 Å². The fourth-order valence-electron chi connectivity index (χ4n) is 2.61. The number of hydrogen-bond donors (Lipinski definition) is 2. The van der Waals surface area contributed by atoms with Crippen molar-refractivity contribution in [3.05, 3.63) is 84.1 Å². The molecule has 0 bridgehead atoms. The summed E-state index contributed by atoms with van der Waals surface area (Å²) in [7, 11) is 0. The molecule has 2 aromatic carbocycles. The fraction of sp³-hybridized carbons (Fsp3) is 0.292. The largest absolute Gasteiger partial charge is 0.456 e. The van der Waals surface area contributed by atoms with E-state index in [0.717, 1.165) is 11.1 Å². The second-order valence-corrected chi connectivity index (χ2v) is 7.92. The highest BCUT2D eigenvalue weighted by molar-refractivity contribution is 5.95. The Hall–Kier alpha value is -3.61. The third-order valence-electron chi connectivity index (χ3n) is 4.02. The molecule has 0 aliphatic rings. The van der Waals surface area contributed by atoms with E-state index in [2.05, 4.69) is 17.2 Å². The molecule has 31 heavy (non-hydrogen) atoms. The Morgan fingerprint density at radius 3 is 2.03 bits per heavy atom. The summed E-state index contributed by atoms with van der Waals surface area (Å²) in [6, 6.07) is 17.3.